The molecular weight excluding hydrogens is 240 g/mol. The zero-order chi connectivity index (χ0) is 13.7. The summed E-state index contributed by atoms with van der Waals surface area (Å²) in [4.78, 5) is 11.2. The Morgan fingerprint density at radius 2 is 2.32 bits per heavy atom. The van der Waals surface area contributed by atoms with Crippen molar-refractivity contribution in [1.29, 1.82) is 0 Å². The summed E-state index contributed by atoms with van der Waals surface area (Å²) in [7, 11) is 0. The van der Waals surface area contributed by atoms with Crippen LogP contribution in [0.15, 0.2) is 6.07 Å². The number of anilines is 1. The number of nitrogens with zero attached hydrogens (tertiary/aromatic N) is 3. The number of ether oxygens (including phenoxy) is 1. The highest BCUT2D eigenvalue weighted by Crippen LogP contribution is 2.18. The molecule has 1 aliphatic rings. The minimum absolute atomic E-state index is 0.341. The van der Waals surface area contributed by atoms with Gasteiger partial charge in [-0.25, -0.2) is 9.97 Å². The molecular formula is C14H24N4O. The lowest BCUT2D eigenvalue weighted by atomic mass is 10.2. The van der Waals surface area contributed by atoms with Crippen LogP contribution < -0.4 is 10.6 Å². The van der Waals surface area contributed by atoms with Crippen LogP contribution in [0.5, 0.6) is 0 Å². The van der Waals surface area contributed by atoms with Crippen LogP contribution in [0.1, 0.15) is 31.3 Å². The van der Waals surface area contributed by atoms with E-state index in [9.17, 15) is 0 Å². The topological polar surface area (TPSA) is 64.3 Å². The van der Waals surface area contributed by atoms with E-state index in [1.54, 1.807) is 0 Å². The van der Waals surface area contributed by atoms with Gasteiger partial charge in [-0.2, -0.15) is 0 Å². The molecule has 2 N–H and O–H groups in total. The van der Waals surface area contributed by atoms with Crippen molar-refractivity contribution in [3.8, 4) is 0 Å². The standard InChI is InChI=1S/C14H24N4O/c1-3-18(10-13-5-4-8-19-13)14-9-12(6-7-15)16-11(2)17-14/h9,13H,3-8,10,15H2,1-2H3/t13-/m1/s1. The van der Waals surface area contributed by atoms with Gasteiger partial charge in [0.15, 0.2) is 0 Å². The number of hydrogen-bond donors (Lipinski definition) is 1. The van der Waals surface area contributed by atoms with E-state index in [2.05, 4.69) is 27.9 Å². The van der Waals surface area contributed by atoms with Crippen molar-refractivity contribution in [1.82, 2.24) is 9.97 Å². The number of hydrogen-bond acceptors (Lipinski definition) is 5. The molecule has 1 fully saturated rings. The fourth-order valence-electron chi connectivity index (χ4n) is 2.47. The Balaban J connectivity index is 2.11. The van der Waals surface area contributed by atoms with E-state index in [-0.39, 0.29) is 0 Å². The third-order valence-corrected chi connectivity index (χ3v) is 3.43. The maximum Gasteiger partial charge on any atom is 0.132 e. The second-order valence-electron chi connectivity index (χ2n) is 4.98. The third kappa shape index (κ3) is 3.88. The molecule has 1 aromatic heterocycles. The van der Waals surface area contributed by atoms with Gasteiger partial charge in [0.1, 0.15) is 11.6 Å². The van der Waals surface area contributed by atoms with Gasteiger partial charge in [-0.05, 0) is 33.2 Å². The Bertz CT molecular complexity index is 404. The van der Waals surface area contributed by atoms with Gasteiger partial charge in [-0.3, -0.25) is 0 Å². The summed E-state index contributed by atoms with van der Waals surface area (Å²) in [5, 5.41) is 0. The number of likely N-dealkylation sites (N-methyl/N-ethyl adjacent to an activating group) is 1. The van der Waals surface area contributed by atoms with E-state index in [1.807, 2.05) is 6.92 Å². The second kappa shape index (κ2) is 6.82. The monoisotopic (exact) mass is 264 g/mol. The number of aryl methyl sites for hydroxylation is 1. The van der Waals surface area contributed by atoms with E-state index in [0.29, 0.717) is 12.6 Å². The molecule has 0 unspecified atom stereocenters. The highest BCUT2D eigenvalue weighted by molar-refractivity contribution is 5.40. The van der Waals surface area contributed by atoms with Crippen LogP contribution in [-0.2, 0) is 11.2 Å². The predicted octanol–water partition coefficient (Wildman–Crippen LogP) is 1.29. The van der Waals surface area contributed by atoms with E-state index in [4.69, 9.17) is 10.5 Å². The van der Waals surface area contributed by atoms with Crippen molar-refractivity contribution >= 4 is 5.82 Å². The fraction of sp³-hybridized carbons (Fsp3) is 0.714. The Morgan fingerprint density at radius 3 is 2.95 bits per heavy atom. The van der Waals surface area contributed by atoms with Gasteiger partial charge in [0.05, 0.1) is 6.10 Å². The lowest BCUT2D eigenvalue weighted by molar-refractivity contribution is 0.115. The minimum Gasteiger partial charge on any atom is -0.376 e. The molecule has 2 heterocycles. The number of aromatic nitrogens is 2. The van der Waals surface area contributed by atoms with Crippen LogP contribution in [0.3, 0.4) is 0 Å². The molecule has 1 atom stereocenters. The molecule has 106 valence electrons. The first-order valence-electron chi connectivity index (χ1n) is 7.14. The van der Waals surface area contributed by atoms with Crippen molar-refractivity contribution < 1.29 is 4.74 Å². The fourth-order valence-corrected chi connectivity index (χ4v) is 2.47. The molecule has 5 heteroatoms. The summed E-state index contributed by atoms with van der Waals surface area (Å²) < 4.78 is 5.71. The van der Waals surface area contributed by atoms with Crippen molar-refractivity contribution in [2.45, 2.75) is 39.2 Å². The van der Waals surface area contributed by atoms with E-state index >= 15 is 0 Å². The molecule has 0 radical (unpaired) electrons. The van der Waals surface area contributed by atoms with E-state index in [0.717, 1.165) is 49.9 Å². The summed E-state index contributed by atoms with van der Waals surface area (Å²) in [6.07, 6.45) is 3.46. The first-order valence-corrected chi connectivity index (χ1v) is 7.14. The van der Waals surface area contributed by atoms with Crippen LogP contribution in [-0.4, -0.2) is 42.3 Å². The first-order chi connectivity index (χ1) is 9.22. The van der Waals surface area contributed by atoms with Crippen LogP contribution in [0, 0.1) is 6.92 Å². The molecule has 0 aliphatic carbocycles. The maximum atomic E-state index is 5.71. The Hall–Kier alpha value is -1.20. The van der Waals surface area contributed by atoms with Gasteiger partial charge in [-0.1, -0.05) is 0 Å². The van der Waals surface area contributed by atoms with Gasteiger partial charge in [0.2, 0.25) is 0 Å². The van der Waals surface area contributed by atoms with Gasteiger partial charge in [-0.15, -0.1) is 0 Å². The van der Waals surface area contributed by atoms with Crippen molar-refractivity contribution in [2.24, 2.45) is 5.73 Å². The first kappa shape index (κ1) is 14.2. The average molecular weight is 264 g/mol. The van der Waals surface area contributed by atoms with Crippen LogP contribution >= 0.6 is 0 Å². The van der Waals surface area contributed by atoms with Crippen LogP contribution in [0.25, 0.3) is 0 Å². The van der Waals surface area contributed by atoms with Crippen LogP contribution in [0.4, 0.5) is 5.82 Å². The van der Waals surface area contributed by atoms with Crippen molar-refractivity contribution in [2.75, 3.05) is 31.1 Å². The number of nitrogens with two attached hydrogens (primary N) is 1. The zero-order valence-corrected chi connectivity index (χ0v) is 11.9. The molecule has 0 bridgehead atoms. The Morgan fingerprint density at radius 1 is 1.47 bits per heavy atom. The SMILES string of the molecule is CCN(C[C@H]1CCCO1)c1cc(CCN)nc(C)n1. The Labute approximate surface area is 115 Å². The molecule has 5 nitrogen and oxygen atoms in total. The van der Waals surface area contributed by atoms with Crippen molar-refractivity contribution in [3.05, 3.63) is 17.6 Å². The van der Waals surface area contributed by atoms with E-state index in [1.165, 1.54) is 6.42 Å². The summed E-state index contributed by atoms with van der Waals surface area (Å²) >= 11 is 0. The predicted molar refractivity (Wildman–Crippen MR) is 76.4 cm³/mol. The quantitative estimate of drug-likeness (QED) is 0.839. The Kier molecular flexibility index (Phi) is 5.10. The largest absolute Gasteiger partial charge is 0.376 e. The van der Waals surface area contributed by atoms with Gasteiger partial charge >= 0.3 is 0 Å². The molecule has 0 saturated carbocycles. The average Bonchev–Trinajstić information content (AvgIpc) is 2.88. The molecule has 19 heavy (non-hydrogen) atoms. The maximum absolute atomic E-state index is 5.71. The summed E-state index contributed by atoms with van der Waals surface area (Å²) in [6.45, 7) is 7.43. The molecule has 1 aliphatic heterocycles. The van der Waals surface area contributed by atoms with Crippen LogP contribution in [0.2, 0.25) is 0 Å². The highest BCUT2D eigenvalue weighted by atomic mass is 16.5. The van der Waals surface area contributed by atoms with Gasteiger partial charge < -0.3 is 15.4 Å². The molecule has 0 amide bonds. The zero-order valence-electron chi connectivity index (χ0n) is 11.9. The summed E-state index contributed by atoms with van der Waals surface area (Å²) in [5.41, 5.74) is 6.63. The molecule has 1 aromatic rings. The second-order valence-corrected chi connectivity index (χ2v) is 4.98. The van der Waals surface area contributed by atoms with Gasteiger partial charge in [0.25, 0.3) is 0 Å². The molecule has 0 aromatic carbocycles. The summed E-state index contributed by atoms with van der Waals surface area (Å²) in [6, 6.07) is 2.05. The third-order valence-electron chi connectivity index (χ3n) is 3.43. The molecule has 2 rings (SSSR count). The van der Waals surface area contributed by atoms with E-state index < -0.39 is 0 Å². The number of rotatable bonds is 6. The summed E-state index contributed by atoms with van der Waals surface area (Å²) in [5.74, 6) is 1.81. The molecule has 1 saturated heterocycles. The van der Waals surface area contributed by atoms with Gasteiger partial charge in [0, 0.05) is 37.9 Å². The lowest BCUT2D eigenvalue weighted by Gasteiger charge is -2.25. The smallest absolute Gasteiger partial charge is 0.132 e. The van der Waals surface area contributed by atoms with Crippen molar-refractivity contribution in [3.63, 3.8) is 0 Å². The normalized spacial score (nSPS) is 18.8. The lowest BCUT2D eigenvalue weighted by Crippen LogP contribution is -2.33. The highest BCUT2D eigenvalue weighted by Gasteiger charge is 2.19. The molecule has 0 spiro atoms. The minimum atomic E-state index is 0.341.